The average Bonchev–Trinajstić information content (AvgIpc) is 2.19. The van der Waals surface area contributed by atoms with Gasteiger partial charge in [-0.1, -0.05) is 0 Å². The lowest BCUT2D eigenvalue weighted by Crippen LogP contribution is -2.26. The molecule has 0 unspecified atom stereocenters. The molecule has 0 saturated carbocycles. The number of rotatable bonds is 2. The Bertz CT molecular complexity index is 546. The van der Waals surface area contributed by atoms with E-state index >= 15 is 0 Å². The highest BCUT2D eigenvalue weighted by Crippen LogP contribution is 2.38. The van der Waals surface area contributed by atoms with Crippen molar-refractivity contribution in [1.29, 1.82) is 0 Å². The maximum atomic E-state index is 12.1. The summed E-state index contributed by atoms with van der Waals surface area (Å²) >= 11 is 6.10. The van der Waals surface area contributed by atoms with Gasteiger partial charge < -0.3 is 21.9 Å². The van der Waals surface area contributed by atoms with Crippen molar-refractivity contribution in [2.75, 3.05) is 0 Å². The van der Waals surface area contributed by atoms with Gasteiger partial charge in [-0.3, -0.25) is 0 Å². The van der Waals surface area contributed by atoms with Crippen LogP contribution < -0.4 is 21.9 Å². The maximum Gasteiger partial charge on any atom is 0.573 e. The summed E-state index contributed by atoms with van der Waals surface area (Å²) in [5, 5.41) is 0. The molecule has 0 heterocycles. The summed E-state index contributed by atoms with van der Waals surface area (Å²) in [5.74, 6) is -0.970. The molecule has 0 bridgehead atoms. The molecule has 0 radical (unpaired) electrons. The highest BCUT2D eigenvalue weighted by molar-refractivity contribution is 9.11. The van der Waals surface area contributed by atoms with E-state index in [0.717, 1.165) is 12.1 Å². The molecule has 0 aromatic heterocycles. The third kappa shape index (κ3) is 5.25. The van der Waals surface area contributed by atoms with Gasteiger partial charge in [0.1, 0.15) is 5.75 Å². The second kappa shape index (κ2) is 6.31. The zero-order valence-electron chi connectivity index (χ0n) is 9.58. The van der Waals surface area contributed by atoms with Crippen LogP contribution in [0.15, 0.2) is 31.1 Å². The van der Waals surface area contributed by atoms with E-state index in [9.17, 15) is 13.2 Å². The Morgan fingerprint density at radius 3 is 2.00 bits per heavy atom. The smallest absolute Gasteiger partial charge is 0.406 e. The molecule has 0 atom stereocenters. The largest absolute Gasteiger partial charge is 0.573 e. The molecular weight excluding hydrogens is 411 g/mol. The molecule has 0 fully saturated rings. The van der Waals surface area contributed by atoms with Gasteiger partial charge in [-0.15, -0.1) is 13.2 Å². The van der Waals surface area contributed by atoms with Gasteiger partial charge in [-0.2, -0.15) is 4.99 Å². The molecule has 1 aromatic rings. The van der Waals surface area contributed by atoms with Gasteiger partial charge in [0.2, 0.25) is 5.96 Å². The van der Waals surface area contributed by atoms with Gasteiger partial charge in [0, 0.05) is 8.95 Å². The van der Waals surface area contributed by atoms with Crippen LogP contribution in [-0.2, 0) is 0 Å². The number of nitrogens with zero attached hydrogens (tertiary/aromatic N) is 2. The van der Waals surface area contributed by atoms with Crippen LogP contribution in [0.5, 0.6) is 5.75 Å². The third-order valence-electron chi connectivity index (χ3n) is 1.69. The predicted octanol–water partition coefficient (Wildman–Crippen LogP) is 2.33. The van der Waals surface area contributed by atoms with Gasteiger partial charge >= 0.3 is 6.36 Å². The summed E-state index contributed by atoms with van der Waals surface area (Å²) in [4.78, 5) is 7.34. The Morgan fingerprint density at radius 2 is 1.60 bits per heavy atom. The minimum Gasteiger partial charge on any atom is -0.406 e. The molecular formula is C9H8Br2F3N5O. The first-order valence-corrected chi connectivity index (χ1v) is 6.35. The first kappa shape index (κ1) is 16.6. The fraction of sp³-hybridized carbons (Fsp3) is 0.111. The molecule has 6 N–H and O–H groups in total. The van der Waals surface area contributed by atoms with Crippen molar-refractivity contribution in [3.05, 3.63) is 21.1 Å². The number of ether oxygens (including phenoxy) is 1. The van der Waals surface area contributed by atoms with E-state index in [0.29, 0.717) is 0 Å². The minimum atomic E-state index is -4.79. The predicted molar refractivity (Wildman–Crippen MR) is 75.6 cm³/mol. The molecule has 0 spiro atoms. The molecule has 0 aliphatic rings. The summed E-state index contributed by atoms with van der Waals surface area (Å²) < 4.78 is 40.5. The van der Waals surface area contributed by atoms with Gasteiger partial charge in [-0.05, 0) is 44.0 Å². The van der Waals surface area contributed by atoms with Crippen LogP contribution in [0.1, 0.15) is 0 Å². The number of alkyl halides is 3. The Morgan fingerprint density at radius 1 is 1.10 bits per heavy atom. The molecule has 110 valence electrons. The summed E-state index contributed by atoms with van der Waals surface area (Å²) in [6.07, 6.45) is -4.79. The quantitative estimate of drug-likeness (QED) is 0.505. The van der Waals surface area contributed by atoms with Crippen LogP contribution in [0.2, 0.25) is 0 Å². The van der Waals surface area contributed by atoms with Gasteiger partial charge in [0.05, 0.1) is 5.69 Å². The second-order valence-corrected chi connectivity index (χ2v) is 5.00. The summed E-state index contributed by atoms with van der Waals surface area (Å²) in [7, 11) is 0. The normalized spacial score (nSPS) is 12.2. The van der Waals surface area contributed by atoms with E-state index in [4.69, 9.17) is 17.2 Å². The summed E-state index contributed by atoms with van der Waals surface area (Å²) in [6.45, 7) is 0. The standard InChI is InChI=1S/C9H8Br2F3N5O/c10-4-1-3(20-9(12,13)14)2-5(11)6(4)18-8(17)19-7(15)16/h1-2H,(H6,15,16,17,18,19). The van der Waals surface area contributed by atoms with Crippen molar-refractivity contribution in [3.63, 3.8) is 0 Å². The van der Waals surface area contributed by atoms with Crippen LogP contribution in [0.25, 0.3) is 0 Å². The second-order valence-electron chi connectivity index (χ2n) is 3.29. The maximum absolute atomic E-state index is 12.1. The van der Waals surface area contributed by atoms with E-state index in [-0.39, 0.29) is 26.6 Å². The number of nitrogens with two attached hydrogens (primary N) is 3. The number of aliphatic imine (C=N–C) groups is 2. The molecule has 6 nitrogen and oxygen atoms in total. The van der Waals surface area contributed by atoms with E-state index in [1.807, 2.05) is 0 Å². The average molecular weight is 419 g/mol. The van der Waals surface area contributed by atoms with Gasteiger partial charge in [0.15, 0.2) is 5.96 Å². The van der Waals surface area contributed by atoms with Crippen LogP contribution in [0.3, 0.4) is 0 Å². The highest BCUT2D eigenvalue weighted by Gasteiger charge is 2.31. The molecule has 0 amide bonds. The van der Waals surface area contributed by atoms with E-state index < -0.39 is 12.1 Å². The van der Waals surface area contributed by atoms with E-state index in [2.05, 4.69) is 46.6 Å². The summed E-state index contributed by atoms with van der Waals surface area (Å²) in [5.41, 5.74) is 15.9. The number of hydrogen-bond donors (Lipinski definition) is 3. The van der Waals surface area contributed by atoms with Crippen molar-refractivity contribution in [1.82, 2.24) is 0 Å². The number of hydrogen-bond acceptors (Lipinski definition) is 2. The molecule has 20 heavy (non-hydrogen) atoms. The van der Waals surface area contributed by atoms with Crippen LogP contribution in [0.4, 0.5) is 18.9 Å². The number of halogens is 5. The zero-order chi connectivity index (χ0) is 15.5. The third-order valence-corrected chi connectivity index (χ3v) is 2.90. The molecule has 1 rings (SSSR count). The van der Waals surface area contributed by atoms with Crippen LogP contribution >= 0.6 is 31.9 Å². The zero-order valence-corrected chi connectivity index (χ0v) is 12.8. The molecule has 1 aromatic carbocycles. The lowest BCUT2D eigenvalue weighted by Gasteiger charge is -2.11. The van der Waals surface area contributed by atoms with Crippen molar-refractivity contribution in [2.24, 2.45) is 27.2 Å². The van der Waals surface area contributed by atoms with Crippen molar-refractivity contribution in [3.8, 4) is 5.75 Å². The molecule has 0 aliphatic carbocycles. The molecule has 11 heteroatoms. The van der Waals surface area contributed by atoms with Crippen LogP contribution in [-0.4, -0.2) is 18.3 Å². The van der Waals surface area contributed by atoms with E-state index in [1.165, 1.54) is 0 Å². The lowest BCUT2D eigenvalue weighted by molar-refractivity contribution is -0.274. The molecule has 0 saturated heterocycles. The Balaban J connectivity index is 3.16. The monoisotopic (exact) mass is 417 g/mol. The fourth-order valence-electron chi connectivity index (χ4n) is 1.11. The fourth-order valence-corrected chi connectivity index (χ4v) is 2.44. The Labute approximate surface area is 128 Å². The van der Waals surface area contributed by atoms with Crippen molar-refractivity contribution in [2.45, 2.75) is 6.36 Å². The number of guanidine groups is 2. The van der Waals surface area contributed by atoms with Crippen LogP contribution in [0, 0.1) is 0 Å². The van der Waals surface area contributed by atoms with E-state index in [1.54, 1.807) is 0 Å². The topological polar surface area (TPSA) is 112 Å². The van der Waals surface area contributed by atoms with Crippen molar-refractivity contribution < 1.29 is 17.9 Å². The summed E-state index contributed by atoms with van der Waals surface area (Å²) in [6, 6.07) is 2.17. The first-order valence-electron chi connectivity index (χ1n) is 4.77. The lowest BCUT2D eigenvalue weighted by atomic mass is 10.3. The Kier molecular flexibility index (Phi) is 5.22. The van der Waals surface area contributed by atoms with Gasteiger partial charge in [0.25, 0.3) is 0 Å². The first-order chi connectivity index (χ1) is 9.08. The highest BCUT2D eigenvalue weighted by atomic mass is 79.9. The molecule has 0 aliphatic heterocycles. The van der Waals surface area contributed by atoms with Gasteiger partial charge in [-0.25, -0.2) is 4.99 Å². The van der Waals surface area contributed by atoms with Crippen molar-refractivity contribution >= 4 is 49.5 Å². The Hall–Kier alpha value is -1.49. The minimum absolute atomic E-state index is 0.208. The number of benzene rings is 1. The SMILES string of the molecule is NC(N)=NC(N)=Nc1c(Br)cc(OC(F)(F)F)cc1Br.